The fourth-order valence-corrected chi connectivity index (χ4v) is 3.66. The number of hydrogen-bond acceptors (Lipinski definition) is 2. The first-order chi connectivity index (χ1) is 12.7. The van der Waals surface area contributed by atoms with E-state index in [2.05, 4.69) is 34.3 Å². The minimum Gasteiger partial charge on any atom is -0.233 e. The summed E-state index contributed by atoms with van der Waals surface area (Å²) < 4.78 is 1.86. The second-order valence-corrected chi connectivity index (χ2v) is 6.73. The van der Waals surface area contributed by atoms with Crippen molar-refractivity contribution < 1.29 is 0 Å². The summed E-state index contributed by atoms with van der Waals surface area (Å²) in [4.78, 5) is 4.20. The summed E-state index contributed by atoms with van der Waals surface area (Å²) in [6, 6.07) is 26.1. The normalized spacial score (nSPS) is 11.5. The Labute approximate surface area is 161 Å². The van der Waals surface area contributed by atoms with Crippen molar-refractivity contribution in [1.82, 2.24) is 14.8 Å². The quantitative estimate of drug-likeness (QED) is 0.443. The van der Waals surface area contributed by atoms with Crippen molar-refractivity contribution in [3.63, 3.8) is 0 Å². The Bertz CT molecular complexity index is 961. The van der Waals surface area contributed by atoms with Crippen molar-refractivity contribution in [1.29, 1.82) is 0 Å². The fraction of sp³-hybridized carbons (Fsp3) is 0.0476. The molecule has 0 bridgehead atoms. The van der Waals surface area contributed by atoms with E-state index in [1.807, 2.05) is 59.3 Å². The van der Waals surface area contributed by atoms with Crippen LogP contribution >= 0.6 is 23.2 Å². The topological polar surface area (TPSA) is 30.7 Å². The van der Waals surface area contributed by atoms with Gasteiger partial charge in [-0.25, -0.2) is 9.67 Å². The molecule has 0 saturated heterocycles. The summed E-state index contributed by atoms with van der Waals surface area (Å²) in [5.74, 6) is 0. The van der Waals surface area contributed by atoms with Crippen LogP contribution in [-0.2, 0) is 5.54 Å². The monoisotopic (exact) mass is 379 g/mol. The molecule has 0 N–H and O–H groups in total. The molecule has 4 rings (SSSR count). The summed E-state index contributed by atoms with van der Waals surface area (Å²) >= 11 is 12.6. The van der Waals surface area contributed by atoms with Crippen molar-refractivity contribution in [2.75, 3.05) is 0 Å². The van der Waals surface area contributed by atoms with Crippen molar-refractivity contribution in [2.24, 2.45) is 0 Å². The first-order valence-corrected chi connectivity index (χ1v) is 8.90. The average Bonchev–Trinajstić information content (AvgIpc) is 3.22. The molecule has 0 spiro atoms. The molecule has 3 nitrogen and oxygen atoms in total. The molecule has 5 heteroatoms. The molecule has 1 aromatic heterocycles. The standard InChI is InChI=1S/C21H15Cl2N3/c22-19-12-11-18(13-20(19)23)21(26-15-24-14-25-26,16-7-3-1-4-8-16)17-9-5-2-6-10-17/h1-15H. The molecule has 0 fully saturated rings. The Morgan fingerprint density at radius 1 is 0.692 bits per heavy atom. The van der Waals surface area contributed by atoms with Gasteiger partial charge in [0, 0.05) is 0 Å². The highest BCUT2D eigenvalue weighted by Crippen LogP contribution is 2.41. The maximum absolute atomic E-state index is 6.38. The maximum Gasteiger partial charge on any atom is 0.139 e. The van der Waals surface area contributed by atoms with Gasteiger partial charge in [0.1, 0.15) is 18.2 Å². The molecule has 26 heavy (non-hydrogen) atoms. The average molecular weight is 380 g/mol. The van der Waals surface area contributed by atoms with Crippen LogP contribution < -0.4 is 0 Å². The number of benzene rings is 3. The molecule has 0 saturated carbocycles. The Morgan fingerprint density at radius 3 is 1.81 bits per heavy atom. The number of rotatable bonds is 4. The lowest BCUT2D eigenvalue weighted by Crippen LogP contribution is -2.38. The minimum atomic E-state index is -0.715. The summed E-state index contributed by atoms with van der Waals surface area (Å²) in [6.07, 6.45) is 3.26. The first-order valence-electron chi connectivity index (χ1n) is 8.14. The van der Waals surface area contributed by atoms with Crippen molar-refractivity contribution in [3.05, 3.63) is 118 Å². The molecule has 0 aliphatic heterocycles. The van der Waals surface area contributed by atoms with Crippen molar-refractivity contribution in [2.45, 2.75) is 5.54 Å². The van der Waals surface area contributed by atoms with Crippen molar-refractivity contribution >= 4 is 23.2 Å². The number of aromatic nitrogens is 3. The van der Waals surface area contributed by atoms with Gasteiger partial charge in [-0.15, -0.1) is 0 Å². The Kier molecular flexibility index (Phi) is 4.49. The third kappa shape index (κ3) is 2.70. The van der Waals surface area contributed by atoms with E-state index in [1.54, 1.807) is 6.33 Å². The van der Waals surface area contributed by atoms with Gasteiger partial charge in [0.15, 0.2) is 0 Å². The third-order valence-corrected chi connectivity index (χ3v) is 5.22. The van der Waals surface area contributed by atoms with Crippen LogP contribution in [0.5, 0.6) is 0 Å². The predicted octanol–water partition coefficient (Wildman–Crippen LogP) is 5.43. The van der Waals surface area contributed by atoms with Gasteiger partial charge in [-0.3, -0.25) is 0 Å². The van der Waals surface area contributed by atoms with E-state index in [-0.39, 0.29) is 0 Å². The van der Waals surface area contributed by atoms with Crippen LogP contribution in [0.15, 0.2) is 91.5 Å². The summed E-state index contributed by atoms with van der Waals surface area (Å²) in [5.41, 5.74) is 2.34. The van der Waals surface area contributed by atoms with E-state index in [4.69, 9.17) is 23.2 Å². The van der Waals surface area contributed by atoms with Crippen LogP contribution in [0.2, 0.25) is 10.0 Å². The van der Waals surface area contributed by atoms with E-state index in [1.165, 1.54) is 6.33 Å². The lowest BCUT2D eigenvalue weighted by molar-refractivity contribution is 0.459. The van der Waals surface area contributed by atoms with Gasteiger partial charge in [-0.1, -0.05) is 89.9 Å². The van der Waals surface area contributed by atoms with Gasteiger partial charge in [0.2, 0.25) is 0 Å². The molecule has 0 amide bonds. The lowest BCUT2D eigenvalue weighted by Gasteiger charge is -2.36. The van der Waals surface area contributed by atoms with Gasteiger partial charge < -0.3 is 0 Å². The molecule has 0 atom stereocenters. The molecular formula is C21H15Cl2N3. The zero-order valence-corrected chi connectivity index (χ0v) is 15.3. The first kappa shape index (κ1) is 16.8. The van der Waals surface area contributed by atoms with Crippen LogP contribution in [0.25, 0.3) is 0 Å². The van der Waals surface area contributed by atoms with Crippen molar-refractivity contribution in [3.8, 4) is 0 Å². The number of nitrogens with zero attached hydrogens (tertiary/aromatic N) is 3. The molecule has 0 aliphatic carbocycles. The zero-order chi connectivity index (χ0) is 18.0. The summed E-state index contributed by atoms with van der Waals surface area (Å²) in [7, 11) is 0. The largest absolute Gasteiger partial charge is 0.233 e. The number of halogens is 2. The second-order valence-electron chi connectivity index (χ2n) is 5.91. The maximum atomic E-state index is 6.38. The van der Waals surface area contributed by atoms with E-state index in [9.17, 15) is 0 Å². The minimum absolute atomic E-state index is 0.500. The Balaban J connectivity index is 2.13. The lowest BCUT2D eigenvalue weighted by atomic mass is 9.77. The third-order valence-electron chi connectivity index (χ3n) is 4.48. The van der Waals surface area contributed by atoms with E-state index in [0.717, 1.165) is 16.7 Å². The summed E-state index contributed by atoms with van der Waals surface area (Å²) in [6.45, 7) is 0. The number of hydrogen-bond donors (Lipinski definition) is 0. The van der Waals surface area contributed by atoms with Gasteiger partial charge >= 0.3 is 0 Å². The van der Waals surface area contributed by atoms with Crippen LogP contribution in [-0.4, -0.2) is 14.8 Å². The molecule has 3 aromatic carbocycles. The van der Waals surface area contributed by atoms with Crippen LogP contribution in [0.4, 0.5) is 0 Å². The summed E-state index contributed by atoms with van der Waals surface area (Å²) in [5, 5.41) is 5.52. The zero-order valence-electron chi connectivity index (χ0n) is 13.8. The smallest absolute Gasteiger partial charge is 0.139 e. The predicted molar refractivity (Wildman–Crippen MR) is 105 cm³/mol. The second kappa shape index (κ2) is 6.94. The van der Waals surface area contributed by atoms with E-state index >= 15 is 0 Å². The fourth-order valence-electron chi connectivity index (χ4n) is 3.36. The highest BCUT2D eigenvalue weighted by molar-refractivity contribution is 6.42. The molecule has 1 heterocycles. The highest BCUT2D eigenvalue weighted by atomic mass is 35.5. The molecule has 0 radical (unpaired) electrons. The molecule has 0 unspecified atom stereocenters. The molecular weight excluding hydrogens is 365 g/mol. The van der Waals surface area contributed by atoms with Gasteiger partial charge in [-0.2, -0.15) is 5.10 Å². The SMILES string of the molecule is Clc1ccc(C(c2ccccc2)(c2ccccc2)n2cncn2)cc1Cl. The van der Waals surface area contributed by atoms with E-state index in [0.29, 0.717) is 10.0 Å². The van der Waals surface area contributed by atoms with Gasteiger partial charge in [-0.05, 0) is 28.8 Å². The van der Waals surface area contributed by atoms with Crippen LogP contribution in [0, 0.1) is 0 Å². The van der Waals surface area contributed by atoms with E-state index < -0.39 is 5.54 Å². The Hall–Kier alpha value is -2.62. The highest BCUT2D eigenvalue weighted by Gasteiger charge is 2.39. The molecule has 0 aliphatic rings. The van der Waals surface area contributed by atoms with Gasteiger partial charge in [0.25, 0.3) is 0 Å². The van der Waals surface area contributed by atoms with Gasteiger partial charge in [0.05, 0.1) is 10.0 Å². The Morgan fingerprint density at radius 2 is 1.31 bits per heavy atom. The molecule has 128 valence electrons. The molecule has 4 aromatic rings. The van der Waals surface area contributed by atoms with Crippen LogP contribution in [0.1, 0.15) is 16.7 Å². The van der Waals surface area contributed by atoms with Crippen LogP contribution in [0.3, 0.4) is 0 Å².